The number of benzene rings is 1. The van der Waals surface area contributed by atoms with Gasteiger partial charge in [-0.05, 0) is 13.0 Å². The molecule has 0 radical (unpaired) electrons. The smallest absolute Gasteiger partial charge is 0.165 e. The van der Waals surface area contributed by atoms with E-state index in [4.69, 9.17) is 10.5 Å². The highest BCUT2D eigenvalue weighted by molar-refractivity contribution is 5.41. The Bertz CT molecular complexity index is 325. The second-order valence-corrected chi connectivity index (χ2v) is 3.43. The summed E-state index contributed by atoms with van der Waals surface area (Å²) in [5.74, 6) is 0.219. The van der Waals surface area contributed by atoms with Crippen molar-refractivity contribution in [3.05, 3.63) is 29.6 Å². The molecule has 2 unspecified atom stereocenters. The largest absolute Gasteiger partial charge is 0.490 e. The van der Waals surface area contributed by atoms with Crippen LogP contribution in [0.25, 0.3) is 0 Å². The molecule has 0 spiro atoms. The van der Waals surface area contributed by atoms with Crippen molar-refractivity contribution >= 4 is 0 Å². The van der Waals surface area contributed by atoms with E-state index in [1.54, 1.807) is 6.07 Å². The lowest BCUT2D eigenvalue weighted by Crippen LogP contribution is -2.25. The molecule has 0 aliphatic carbocycles. The third kappa shape index (κ3) is 1.29. The topological polar surface area (TPSA) is 35.2 Å². The molecule has 2 atom stereocenters. The van der Waals surface area contributed by atoms with Crippen LogP contribution in [0.4, 0.5) is 4.39 Å². The van der Waals surface area contributed by atoms with E-state index in [-0.39, 0.29) is 17.8 Å². The van der Waals surface area contributed by atoms with Crippen molar-refractivity contribution < 1.29 is 9.13 Å². The first-order valence-corrected chi connectivity index (χ1v) is 4.37. The summed E-state index contributed by atoms with van der Waals surface area (Å²) in [6.07, 6.45) is 0. The summed E-state index contributed by atoms with van der Waals surface area (Å²) in [5.41, 5.74) is 6.66. The first-order valence-electron chi connectivity index (χ1n) is 4.37. The van der Waals surface area contributed by atoms with Crippen molar-refractivity contribution in [2.24, 2.45) is 5.73 Å². The number of nitrogens with two attached hydrogens (primary N) is 1. The Morgan fingerprint density at radius 3 is 3.08 bits per heavy atom. The summed E-state index contributed by atoms with van der Waals surface area (Å²) in [7, 11) is 0. The van der Waals surface area contributed by atoms with Crippen LogP contribution in [-0.2, 0) is 0 Å². The molecular weight excluding hydrogens is 169 g/mol. The van der Waals surface area contributed by atoms with Crippen LogP contribution in [0.3, 0.4) is 0 Å². The molecule has 70 valence electrons. The molecule has 0 saturated carbocycles. The highest BCUT2D eigenvalue weighted by atomic mass is 19.1. The first kappa shape index (κ1) is 8.51. The number of fused-ring (bicyclic) bond motifs is 1. The molecule has 2 nitrogen and oxygen atoms in total. The van der Waals surface area contributed by atoms with E-state index >= 15 is 0 Å². The maximum Gasteiger partial charge on any atom is 0.165 e. The molecule has 1 heterocycles. The maximum atomic E-state index is 13.2. The van der Waals surface area contributed by atoms with Crippen molar-refractivity contribution in [1.82, 2.24) is 0 Å². The van der Waals surface area contributed by atoms with Crippen LogP contribution in [0.15, 0.2) is 18.2 Å². The van der Waals surface area contributed by atoms with Gasteiger partial charge in [0.1, 0.15) is 0 Å². The number of ether oxygens (including phenoxy) is 1. The predicted molar refractivity (Wildman–Crippen MR) is 48.3 cm³/mol. The van der Waals surface area contributed by atoms with Gasteiger partial charge in [-0.3, -0.25) is 0 Å². The fourth-order valence-corrected chi connectivity index (χ4v) is 1.67. The lowest BCUT2D eigenvalue weighted by Gasteiger charge is -2.12. The minimum Gasteiger partial charge on any atom is -0.490 e. The van der Waals surface area contributed by atoms with Gasteiger partial charge in [-0.1, -0.05) is 12.1 Å². The number of para-hydroxylation sites is 1. The van der Waals surface area contributed by atoms with Crippen molar-refractivity contribution in [2.75, 3.05) is 6.61 Å². The summed E-state index contributed by atoms with van der Waals surface area (Å²) in [6, 6.07) is 4.98. The van der Waals surface area contributed by atoms with Gasteiger partial charge in [0.15, 0.2) is 11.6 Å². The van der Waals surface area contributed by atoms with Gasteiger partial charge in [0.05, 0.1) is 6.61 Å². The van der Waals surface area contributed by atoms with E-state index in [9.17, 15) is 4.39 Å². The summed E-state index contributed by atoms with van der Waals surface area (Å²) < 4.78 is 18.4. The molecular formula is C10H12FNO. The van der Waals surface area contributed by atoms with Crippen LogP contribution < -0.4 is 10.5 Å². The molecule has 1 aromatic rings. The Morgan fingerprint density at radius 2 is 2.38 bits per heavy atom. The monoisotopic (exact) mass is 181 g/mol. The van der Waals surface area contributed by atoms with E-state index in [1.165, 1.54) is 6.07 Å². The number of hydrogen-bond acceptors (Lipinski definition) is 2. The average Bonchev–Trinajstić information content (AvgIpc) is 2.48. The number of rotatable bonds is 1. The fourth-order valence-electron chi connectivity index (χ4n) is 1.67. The fraction of sp³-hybridized carbons (Fsp3) is 0.400. The van der Waals surface area contributed by atoms with Crippen LogP contribution in [0, 0.1) is 5.82 Å². The molecule has 1 aliphatic rings. The Balaban J connectivity index is 2.43. The van der Waals surface area contributed by atoms with Gasteiger partial charge in [0.2, 0.25) is 0 Å². The van der Waals surface area contributed by atoms with Crippen LogP contribution in [0.5, 0.6) is 5.75 Å². The van der Waals surface area contributed by atoms with Gasteiger partial charge in [-0.2, -0.15) is 0 Å². The second kappa shape index (κ2) is 3.00. The number of halogens is 1. The third-order valence-corrected chi connectivity index (χ3v) is 2.44. The quantitative estimate of drug-likeness (QED) is 0.715. The standard InChI is InChI=1S/C10H12FNO/c1-6(12)8-5-13-10-7(8)3-2-4-9(10)11/h2-4,6,8H,5,12H2,1H3. The molecule has 1 aliphatic heterocycles. The minimum atomic E-state index is -0.291. The molecule has 3 heteroatoms. The third-order valence-electron chi connectivity index (χ3n) is 2.44. The average molecular weight is 181 g/mol. The summed E-state index contributed by atoms with van der Waals surface area (Å²) in [4.78, 5) is 0. The lowest BCUT2D eigenvalue weighted by molar-refractivity contribution is 0.306. The molecule has 0 saturated heterocycles. The second-order valence-electron chi connectivity index (χ2n) is 3.43. The molecule has 1 aromatic carbocycles. The number of hydrogen-bond donors (Lipinski definition) is 1. The van der Waals surface area contributed by atoms with Crippen LogP contribution >= 0.6 is 0 Å². The molecule has 0 amide bonds. The van der Waals surface area contributed by atoms with Crippen LogP contribution in [0.2, 0.25) is 0 Å². The zero-order chi connectivity index (χ0) is 9.42. The Labute approximate surface area is 76.5 Å². The van der Waals surface area contributed by atoms with Crippen LogP contribution in [-0.4, -0.2) is 12.6 Å². The molecule has 2 N–H and O–H groups in total. The van der Waals surface area contributed by atoms with Crippen LogP contribution in [0.1, 0.15) is 18.4 Å². The molecule has 2 rings (SSSR count). The first-order chi connectivity index (χ1) is 6.20. The van der Waals surface area contributed by atoms with E-state index in [2.05, 4.69) is 0 Å². The Kier molecular flexibility index (Phi) is 1.96. The highest BCUT2D eigenvalue weighted by Crippen LogP contribution is 2.36. The molecule has 0 bridgehead atoms. The highest BCUT2D eigenvalue weighted by Gasteiger charge is 2.28. The Hall–Kier alpha value is -1.09. The normalized spacial score (nSPS) is 22.2. The molecule has 13 heavy (non-hydrogen) atoms. The van der Waals surface area contributed by atoms with E-state index in [0.29, 0.717) is 12.4 Å². The summed E-state index contributed by atoms with van der Waals surface area (Å²) in [5, 5.41) is 0. The zero-order valence-electron chi connectivity index (χ0n) is 7.46. The van der Waals surface area contributed by atoms with E-state index in [0.717, 1.165) is 5.56 Å². The SMILES string of the molecule is CC(N)C1COc2c(F)cccc21. The predicted octanol–water partition coefficient (Wildman–Crippen LogP) is 1.65. The Morgan fingerprint density at radius 1 is 1.62 bits per heavy atom. The lowest BCUT2D eigenvalue weighted by atomic mass is 9.95. The van der Waals surface area contributed by atoms with Crippen molar-refractivity contribution in [2.45, 2.75) is 18.9 Å². The zero-order valence-corrected chi connectivity index (χ0v) is 7.46. The van der Waals surface area contributed by atoms with Gasteiger partial charge in [-0.25, -0.2) is 4.39 Å². The van der Waals surface area contributed by atoms with Gasteiger partial charge < -0.3 is 10.5 Å². The summed E-state index contributed by atoms with van der Waals surface area (Å²) >= 11 is 0. The van der Waals surface area contributed by atoms with E-state index < -0.39 is 0 Å². The minimum absolute atomic E-state index is 0.00282. The van der Waals surface area contributed by atoms with Gasteiger partial charge in [0.25, 0.3) is 0 Å². The molecule has 0 aromatic heterocycles. The van der Waals surface area contributed by atoms with Gasteiger partial charge in [-0.15, -0.1) is 0 Å². The van der Waals surface area contributed by atoms with Crippen molar-refractivity contribution in [1.29, 1.82) is 0 Å². The van der Waals surface area contributed by atoms with Gasteiger partial charge >= 0.3 is 0 Å². The maximum absolute atomic E-state index is 13.2. The van der Waals surface area contributed by atoms with Gasteiger partial charge in [0, 0.05) is 17.5 Å². The van der Waals surface area contributed by atoms with Crippen molar-refractivity contribution in [3.63, 3.8) is 0 Å². The van der Waals surface area contributed by atoms with E-state index in [1.807, 2.05) is 13.0 Å². The molecule has 0 fully saturated rings. The van der Waals surface area contributed by atoms with Crippen molar-refractivity contribution in [3.8, 4) is 5.75 Å². The summed E-state index contributed by atoms with van der Waals surface area (Å²) in [6.45, 7) is 2.40.